The summed E-state index contributed by atoms with van der Waals surface area (Å²) < 4.78 is 48.4. The van der Waals surface area contributed by atoms with E-state index < -0.39 is 23.4 Å². The van der Waals surface area contributed by atoms with Crippen molar-refractivity contribution < 1.29 is 22.7 Å². The van der Waals surface area contributed by atoms with Crippen molar-refractivity contribution in [3.63, 3.8) is 0 Å². The molecule has 8 heteroatoms. The highest BCUT2D eigenvalue weighted by atomic mass is 19.1. The molecular weight excluding hydrogens is 503 g/mol. The van der Waals surface area contributed by atoms with Crippen molar-refractivity contribution in [1.82, 2.24) is 10.3 Å². The summed E-state index contributed by atoms with van der Waals surface area (Å²) in [7, 11) is 0. The number of amides is 1. The van der Waals surface area contributed by atoms with Gasteiger partial charge in [0.05, 0.1) is 35.6 Å². The van der Waals surface area contributed by atoms with Crippen molar-refractivity contribution in [2.75, 3.05) is 18.4 Å². The van der Waals surface area contributed by atoms with E-state index in [1.54, 1.807) is 24.3 Å². The van der Waals surface area contributed by atoms with Crippen LogP contribution in [-0.4, -0.2) is 35.7 Å². The highest BCUT2D eigenvalue weighted by Crippen LogP contribution is 2.36. The van der Waals surface area contributed by atoms with Gasteiger partial charge < -0.3 is 15.4 Å². The molecule has 208 valence electrons. The van der Waals surface area contributed by atoms with E-state index in [-0.39, 0.29) is 24.0 Å². The lowest BCUT2D eigenvalue weighted by molar-refractivity contribution is -0.116. The Morgan fingerprint density at radius 2 is 1.97 bits per heavy atom. The highest BCUT2D eigenvalue weighted by molar-refractivity contribution is 5.92. The standard InChI is InChI=1S/C31H36F3N3O2/c1-3-22(7-6-21(2)32)27(23-8-10-24(33)11-9-23)16-30(38)37-29-19-35-18-28(34)26(29)13-12-25-17-36-20-31(39-25)14-4-5-15-31/h3,6-11,18-19,25,27,36H,1,4-5,12-17,20H2,2H3,(H,37,38)/b21-6+,22-7+/t25-,27?/m1/s1. The van der Waals surface area contributed by atoms with Crippen LogP contribution in [0.2, 0.25) is 0 Å². The first kappa shape index (κ1) is 28.8. The van der Waals surface area contributed by atoms with Gasteiger partial charge in [-0.15, -0.1) is 0 Å². The number of hydrogen-bond donors (Lipinski definition) is 2. The van der Waals surface area contributed by atoms with Crippen molar-refractivity contribution in [2.24, 2.45) is 0 Å². The number of hydrogen-bond acceptors (Lipinski definition) is 4. The summed E-state index contributed by atoms with van der Waals surface area (Å²) in [6, 6.07) is 5.79. The van der Waals surface area contributed by atoms with Crippen LogP contribution in [0.25, 0.3) is 0 Å². The fourth-order valence-electron chi connectivity index (χ4n) is 5.55. The Labute approximate surface area is 228 Å². The van der Waals surface area contributed by atoms with E-state index in [9.17, 15) is 18.0 Å². The summed E-state index contributed by atoms with van der Waals surface area (Å²) in [5, 5.41) is 6.29. The van der Waals surface area contributed by atoms with Crippen molar-refractivity contribution in [2.45, 2.75) is 69.5 Å². The first-order chi connectivity index (χ1) is 18.8. The summed E-state index contributed by atoms with van der Waals surface area (Å²) in [6.07, 6.45) is 12.3. The molecule has 0 radical (unpaired) electrons. The minimum absolute atomic E-state index is 0.0388. The number of aromatic nitrogens is 1. The molecule has 1 aliphatic heterocycles. The van der Waals surface area contributed by atoms with Crippen LogP contribution in [0, 0.1) is 11.6 Å². The van der Waals surface area contributed by atoms with Gasteiger partial charge in [-0.1, -0.05) is 43.7 Å². The zero-order chi connectivity index (χ0) is 27.8. The van der Waals surface area contributed by atoms with Crippen molar-refractivity contribution in [3.8, 4) is 0 Å². The van der Waals surface area contributed by atoms with E-state index >= 15 is 0 Å². The van der Waals surface area contributed by atoms with Crippen molar-refractivity contribution >= 4 is 11.6 Å². The van der Waals surface area contributed by atoms with Gasteiger partial charge in [0.1, 0.15) is 11.6 Å². The Morgan fingerprint density at radius 3 is 2.67 bits per heavy atom. The molecule has 0 bridgehead atoms. The van der Waals surface area contributed by atoms with Gasteiger partial charge in [-0.05, 0) is 62.0 Å². The Balaban J connectivity index is 1.48. The molecule has 1 aromatic carbocycles. The van der Waals surface area contributed by atoms with Gasteiger partial charge in [-0.2, -0.15) is 0 Å². The van der Waals surface area contributed by atoms with Gasteiger partial charge in [0.2, 0.25) is 5.91 Å². The number of halogens is 3. The van der Waals surface area contributed by atoms with E-state index in [0.717, 1.165) is 38.4 Å². The second-order valence-electron chi connectivity index (χ2n) is 10.4. The van der Waals surface area contributed by atoms with E-state index in [0.29, 0.717) is 41.8 Å². The molecule has 1 aromatic heterocycles. The summed E-state index contributed by atoms with van der Waals surface area (Å²) in [5.74, 6) is -2.20. The van der Waals surface area contributed by atoms with Gasteiger partial charge in [-0.25, -0.2) is 13.2 Å². The number of benzene rings is 1. The number of carbonyl (C=O) groups is 1. The number of pyridine rings is 1. The van der Waals surface area contributed by atoms with Crippen LogP contribution in [0.1, 0.15) is 62.5 Å². The van der Waals surface area contributed by atoms with Crippen LogP contribution in [0.4, 0.5) is 18.9 Å². The molecule has 1 amide bonds. The van der Waals surface area contributed by atoms with Crippen LogP contribution in [0.5, 0.6) is 0 Å². The summed E-state index contributed by atoms with van der Waals surface area (Å²) in [4.78, 5) is 17.2. The molecule has 4 rings (SSSR count). The topological polar surface area (TPSA) is 63.2 Å². The van der Waals surface area contributed by atoms with Gasteiger partial charge in [0.25, 0.3) is 0 Å². The minimum Gasteiger partial charge on any atom is -0.369 e. The Kier molecular flexibility index (Phi) is 9.75. The van der Waals surface area contributed by atoms with E-state index in [1.807, 2.05) is 0 Å². The molecule has 2 fully saturated rings. The van der Waals surface area contributed by atoms with Gasteiger partial charge in [0, 0.05) is 31.0 Å². The lowest BCUT2D eigenvalue weighted by Gasteiger charge is -2.39. The number of ether oxygens (including phenoxy) is 1. The average molecular weight is 540 g/mol. The monoisotopic (exact) mass is 539 g/mol. The van der Waals surface area contributed by atoms with Crippen LogP contribution < -0.4 is 10.6 Å². The second-order valence-corrected chi connectivity index (χ2v) is 10.4. The molecule has 2 aromatic rings. The van der Waals surface area contributed by atoms with Gasteiger partial charge in [0.15, 0.2) is 0 Å². The molecule has 1 spiro atoms. The van der Waals surface area contributed by atoms with Gasteiger partial charge >= 0.3 is 0 Å². The van der Waals surface area contributed by atoms with E-state index in [2.05, 4.69) is 22.2 Å². The largest absolute Gasteiger partial charge is 0.369 e. The van der Waals surface area contributed by atoms with Crippen molar-refractivity contribution in [1.29, 1.82) is 0 Å². The number of rotatable bonds is 10. The Morgan fingerprint density at radius 1 is 1.23 bits per heavy atom. The van der Waals surface area contributed by atoms with Crippen LogP contribution in [0.3, 0.4) is 0 Å². The maximum Gasteiger partial charge on any atom is 0.225 e. The minimum atomic E-state index is -0.520. The number of carbonyl (C=O) groups excluding carboxylic acids is 1. The lowest BCUT2D eigenvalue weighted by Crippen LogP contribution is -2.52. The number of nitrogens with zero attached hydrogens (tertiary/aromatic N) is 1. The normalized spacial score (nSPS) is 20.2. The molecule has 2 aliphatic rings. The quantitative estimate of drug-likeness (QED) is 0.330. The fourth-order valence-corrected chi connectivity index (χ4v) is 5.55. The Hall–Kier alpha value is -3.23. The molecule has 1 saturated heterocycles. The molecule has 5 nitrogen and oxygen atoms in total. The van der Waals surface area contributed by atoms with E-state index in [4.69, 9.17) is 4.74 Å². The molecule has 2 heterocycles. The first-order valence-corrected chi connectivity index (χ1v) is 13.5. The summed E-state index contributed by atoms with van der Waals surface area (Å²) in [6.45, 7) is 6.69. The lowest BCUT2D eigenvalue weighted by atomic mass is 9.87. The summed E-state index contributed by atoms with van der Waals surface area (Å²) in [5.41, 5.74) is 1.83. The third-order valence-corrected chi connectivity index (χ3v) is 7.55. The second kappa shape index (κ2) is 13.2. The third-order valence-electron chi connectivity index (χ3n) is 7.55. The Bertz CT molecular complexity index is 1220. The number of nitrogens with one attached hydrogen (secondary N) is 2. The summed E-state index contributed by atoms with van der Waals surface area (Å²) >= 11 is 0. The molecule has 2 N–H and O–H groups in total. The molecular formula is C31H36F3N3O2. The van der Waals surface area contributed by atoms with Gasteiger partial charge in [-0.3, -0.25) is 9.78 Å². The zero-order valence-electron chi connectivity index (χ0n) is 22.3. The number of morpholine rings is 1. The van der Waals surface area contributed by atoms with E-state index in [1.165, 1.54) is 31.3 Å². The predicted octanol–water partition coefficient (Wildman–Crippen LogP) is 6.69. The smallest absolute Gasteiger partial charge is 0.225 e. The average Bonchev–Trinajstić information content (AvgIpc) is 3.35. The third kappa shape index (κ3) is 7.67. The SMILES string of the molecule is C=C/C(=C\C=C(/C)F)C(CC(=O)Nc1cncc(F)c1CC[C@@H]1CNCC2(CCCC2)O1)c1ccc(F)cc1. The molecule has 1 aliphatic carbocycles. The fraction of sp³-hybridized carbons (Fsp3) is 0.419. The van der Waals surface area contributed by atoms with Crippen LogP contribution >= 0.6 is 0 Å². The number of allylic oxidation sites excluding steroid dienone is 5. The molecule has 2 atom stereocenters. The van der Waals surface area contributed by atoms with Crippen LogP contribution in [0.15, 0.2) is 72.9 Å². The first-order valence-electron chi connectivity index (χ1n) is 13.5. The zero-order valence-corrected chi connectivity index (χ0v) is 22.3. The predicted molar refractivity (Wildman–Crippen MR) is 147 cm³/mol. The van der Waals surface area contributed by atoms with Crippen molar-refractivity contribution in [3.05, 3.63) is 95.6 Å². The molecule has 1 unspecified atom stereocenters. The highest BCUT2D eigenvalue weighted by Gasteiger charge is 2.39. The maximum atomic E-state index is 14.9. The molecule has 1 saturated carbocycles. The maximum absolute atomic E-state index is 14.9. The number of anilines is 1. The van der Waals surface area contributed by atoms with Crippen LogP contribution in [-0.2, 0) is 16.0 Å². The molecule has 39 heavy (non-hydrogen) atoms.